The summed E-state index contributed by atoms with van der Waals surface area (Å²) in [5.41, 5.74) is 3.09. The molecule has 0 spiro atoms. The van der Waals surface area contributed by atoms with Gasteiger partial charge in [-0.15, -0.1) is 0 Å². The molecule has 0 bridgehead atoms. The van der Waals surface area contributed by atoms with E-state index in [4.69, 9.17) is 16.7 Å². The number of nitrogens with zero attached hydrogens (tertiary/aromatic N) is 1. The highest BCUT2D eigenvalue weighted by molar-refractivity contribution is 6.31. The Morgan fingerprint density at radius 1 is 1.26 bits per heavy atom. The van der Waals surface area contributed by atoms with Gasteiger partial charge >= 0.3 is 0 Å². The quantitative estimate of drug-likeness (QED) is 0.710. The lowest BCUT2D eigenvalue weighted by atomic mass is 10.1. The number of hydrogen-bond acceptors (Lipinski definition) is 4. The molecule has 2 rings (SSSR count). The Morgan fingerprint density at radius 2 is 2.11 bits per heavy atom. The maximum atomic E-state index is 8.69. The summed E-state index contributed by atoms with van der Waals surface area (Å²) in [6, 6.07) is 5.73. The minimum atomic E-state index is 0.162. The van der Waals surface area contributed by atoms with Crippen molar-refractivity contribution in [2.75, 3.05) is 31.6 Å². The number of hydrogen-bond donors (Lipinski definition) is 3. The first-order chi connectivity index (χ1) is 9.22. The first-order valence-electron chi connectivity index (χ1n) is 6.32. The Morgan fingerprint density at radius 3 is 2.89 bits per heavy atom. The van der Waals surface area contributed by atoms with E-state index >= 15 is 0 Å². The minimum absolute atomic E-state index is 0.162. The topological polar surface area (TPSA) is 57.2 Å². The van der Waals surface area contributed by atoms with Crippen molar-refractivity contribution in [2.45, 2.75) is 6.92 Å². The summed E-state index contributed by atoms with van der Waals surface area (Å²) in [6.07, 6.45) is 1.85. The molecule has 0 unspecified atom stereocenters. The number of rotatable bonds is 6. The average Bonchev–Trinajstić information content (AvgIpc) is 2.41. The van der Waals surface area contributed by atoms with Gasteiger partial charge in [0, 0.05) is 41.9 Å². The zero-order chi connectivity index (χ0) is 13.7. The van der Waals surface area contributed by atoms with Crippen molar-refractivity contribution in [2.24, 2.45) is 0 Å². The number of aliphatic hydroxyl groups excluding tert-OH is 1. The molecule has 2 aromatic rings. The number of fused-ring (bicyclic) bond motifs is 1. The van der Waals surface area contributed by atoms with E-state index in [1.165, 1.54) is 0 Å². The highest BCUT2D eigenvalue weighted by Gasteiger charge is 2.05. The first kappa shape index (κ1) is 14.1. The van der Waals surface area contributed by atoms with E-state index in [-0.39, 0.29) is 6.61 Å². The SMILES string of the molecule is Cc1cnc2cc(Cl)ccc2c1NCCNCCO. The minimum Gasteiger partial charge on any atom is -0.395 e. The number of aromatic nitrogens is 1. The average molecular weight is 280 g/mol. The van der Waals surface area contributed by atoms with Gasteiger partial charge in [-0.05, 0) is 30.7 Å². The Balaban J connectivity index is 2.14. The van der Waals surface area contributed by atoms with Gasteiger partial charge in [0.25, 0.3) is 0 Å². The van der Waals surface area contributed by atoms with E-state index in [2.05, 4.69) is 15.6 Å². The molecular formula is C14H18ClN3O. The van der Waals surface area contributed by atoms with Crippen LogP contribution in [0.2, 0.25) is 5.02 Å². The number of anilines is 1. The van der Waals surface area contributed by atoms with Crippen LogP contribution in [0.25, 0.3) is 10.9 Å². The second-order valence-electron chi connectivity index (χ2n) is 4.38. The molecule has 0 aliphatic heterocycles. The van der Waals surface area contributed by atoms with Gasteiger partial charge in [0.05, 0.1) is 12.1 Å². The molecule has 1 heterocycles. The number of halogens is 1. The fourth-order valence-corrected chi connectivity index (χ4v) is 2.15. The maximum absolute atomic E-state index is 8.69. The second-order valence-corrected chi connectivity index (χ2v) is 4.81. The molecule has 0 saturated heterocycles. The molecule has 0 aliphatic rings. The zero-order valence-corrected chi connectivity index (χ0v) is 11.7. The Hall–Kier alpha value is -1.36. The maximum Gasteiger partial charge on any atom is 0.0737 e. The van der Waals surface area contributed by atoms with Crippen LogP contribution in [0, 0.1) is 6.92 Å². The Kier molecular flexibility index (Phi) is 4.96. The molecule has 3 N–H and O–H groups in total. The third-order valence-electron chi connectivity index (χ3n) is 2.91. The molecule has 0 saturated carbocycles. The largest absolute Gasteiger partial charge is 0.395 e. The predicted molar refractivity (Wildman–Crippen MR) is 79.9 cm³/mol. The summed E-state index contributed by atoms with van der Waals surface area (Å²) < 4.78 is 0. The van der Waals surface area contributed by atoms with Crippen LogP contribution in [-0.4, -0.2) is 36.3 Å². The van der Waals surface area contributed by atoms with Crippen molar-refractivity contribution in [3.63, 3.8) is 0 Å². The van der Waals surface area contributed by atoms with Crippen molar-refractivity contribution >= 4 is 28.2 Å². The van der Waals surface area contributed by atoms with Crippen LogP contribution in [0.1, 0.15) is 5.56 Å². The standard InChI is InChI=1S/C14H18ClN3O/c1-10-9-18-13-8-11(15)2-3-12(13)14(10)17-5-4-16-6-7-19/h2-3,8-9,16,19H,4-7H2,1H3,(H,17,18). The van der Waals surface area contributed by atoms with Gasteiger partial charge in [0.15, 0.2) is 0 Å². The molecule has 0 atom stereocenters. The summed E-state index contributed by atoms with van der Waals surface area (Å²) >= 11 is 5.98. The molecule has 0 amide bonds. The summed E-state index contributed by atoms with van der Waals surface area (Å²) in [7, 11) is 0. The predicted octanol–water partition coefficient (Wildman–Crippen LogP) is 2.19. The van der Waals surface area contributed by atoms with Gasteiger partial charge in [-0.3, -0.25) is 4.98 Å². The zero-order valence-electron chi connectivity index (χ0n) is 10.9. The van der Waals surface area contributed by atoms with Gasteiger partial charge in [-0.2, -0.15) is 0 Å². The fourth-order valence-electron chi connectivity index (χ4n) is 1.98. The third-order valence-corrected chi connectivity index (χ3v) is 3.15. The lowest BCUT2D eigenvalue weighted by Gasteiger charge is -2.13. The van der Waals surface area contributed by atoms with E-state index in [1.54, 1.807) is 0 Å². The molecule has 4 nitrogen and oxygen atoms in total. The van der Waals surface area contributed by atoms with Crippen LogP contribution < -0.4 is 10.6 Å². The highest BCUT2D eigenvalue weighted by Crippen LogP contribution is 2.27. The lowest BCUT2D eigenvalue weighted by molar-refractivity contribution is 0.293. The molecule has 0 aliphatic carbocycles. The van der Waals surface area contributed by atoms with Crippen LogP contribution in [0.3, 0.4) is 0 Å². The molecular weight excluding hydrogens is 262 g/mol. The van der Waals surface area contributed by atoms with Crippen LogP contribution in [0.15, 0.2) is 24.4 Å². The number of benzene rings is 1. The summed E-state index contributed by atoms with van der Waals surface area (Å²) in [6.45, 7) is 4.41. The van der Waals surface area contributed by atoms with E-state index in [9.17, 15) is 0 Å². The third kappa shape index (κ3) is 3.56. The number of aryl methyl sites for hydroxylation is 1. The monoisotopic (exact) mass is 279 g/mol. The fraction of sp³-hybridized carbons (Fsp3) is 0.357. The van der Waals surface area contributed by atoms with Crippen LogP contribution in [0.4, 0.5) is 5.69 Å². The van der Waals surface area contributed by atoms with Crippen molar-refractivity contribution in [1.29, 1.82) is 0 Å². The summed E-state index contributed by atoms with van der Waals surface area (Å²) in [4.78, 5) is 4.39. The summed E-state index contributed by atoms with van der Waals surface area (Å²) in [5, 5.41) is 17.0. The molecule has 0 fully saturated rings. The van der Waals surface area contributed by atoms with Gasteiger partial charge in [-0.1, -0.05) is 11.6 Å². The normalized spacial score (nSPS) is 10.9. The van der Waals surface area contributed by atoms with Crippen LogP contribution in [-0.2, 0) is 0 Å². The molecule has 1 aromatic carbocycles. The molecule has 1 aromatic heterocycles. The second kappa shape index (κ2) is 6.70. The lowest BCUT2D eigenvalue weighted by Crippen LogP contribution is -2.25. The smallest absolute Gasteiger partial charge is 0.0737 e. The Labute approximate surface area is 117 Å². The molecule has 19 heavy (non-hydrogen) atoms. The van der Waals surface area contributed by atoms with Crippen molar-refractivity contribution in [3.8, 4) is 0 Å². The van der Waals surface area contributed by atoms with Crippen molar-refractivity contribution in [3.05, 3.63) is 35.0 Å². The summed E-state index contributed by atoms with van der Waals surface area (Å²) in [5.74, 6) is 0. The van der Waals surface area contributed by atoms with E-state index < -0.39 is 0 Å². The highest BCUT2D eigenvalue weighted by atomic mass is 35.5. The van der Waals surface area contributed by atoms with E-state index in [1.807, 2.05) is 31.3 Å². The number of nitrogens with one attached hydrogen (secondary N) is 2. The van der Waals surface area contributed by atoms with Gasteiger partial charge < -0.3 is 15.7 Å². The molecule has 102 valence electrons. The van der Waals surface area contributed by atoms with Crippen molar-refractivity contribution < 1.29 is 5.11 Å². The van der Waals surface area contributed by atoms with Gasteiger partial charge in [-0.25, -0.2) is 0 Å². The van der Waals surface area contributed by atoms with Crippen molar-refractivity contribution in [1.82, 2.24) is 10.3 Å². The molecule has 0 radical (unpaired) electrons. The van der Waals surface area contributed by atoms with E-state index in [0.717, 1.165) is 35.2 Å². The van der Waals surface area contributed by atoms with Gasteiger partial charge in [0.2, 0.25) is 0 Å². The Bertz CT molecular complexity index is 560. The van der Waals surface area contributed by atoms with E-state index in [0.29, 0.717) is 11.6 Å². The number of pyridine rings is 1. The number of aliphatic hydroxyl groups is 1. The van der Waals surface area contributed by atoms with Gasteiger partial charge in [0.1, 0.15) is 0 Å². The molecule has 5 heteroatoms. The first-order valence-corrected chi connectivity index (χ1v) is 6.70. The van der Waals surface area contributed by atoms with Crippen LogP contribution >= 0.6 is 11.6 Å². The van der Waals surface area contributed by atoms with Crippen LogP contribution in [0.5, 0.6) is 0 Å².